The van der Waals surface area contributed by atoms with E-state index in [9.17, 15) is 9.59 Å². The Morgan fingerprint density at radius 2 is 2.00 bits per heavy atom. The van der Waals surface area contributed by atoms with Crippen LogP contribution >= 0.6 is 11.3 Å². The average molecular weight is 378 g/mol. The number of aromatic nitrogens is 2. The fourth-order valence-corrected chi connectivity index (χ4v) is 4.09. The predicted octanol–water partition coefficient (Wildman–Crippen LogP) is 4.60. The van der Waals surface area contributed by atoms with E-state index in [4.69, 9.17) is 4.42 Å². The molecule has 136 valence electrons. The number of nitrogens with one attached hydrogen (secondary N) is 1. The van der Waals surface area contributed by atoms with Gasteiger partial charge in [0.15, 0.2) is 5.78 Å². The van der Waals surface area contributed by atoms with Crippen molar-refractivity contribution in [2.45, 2.75) is 27.2 Å². The Morgan fingerprint density at radius 3 is 2.70 bits per heavy atom. The van der Waals surface area contributed by atoms with Crippen LogP contribution < -0.4 is 5.56 Å². The lowest BCUT2D eigenvalue weighted by atomic mass is 10.0. The highest BCUT2D eigenvalue weighted by atomic mass is 32.1. The zero-order chi connectivity index (χ0) is 19.1. The molecule has 0 aliphatic heterocycles. The Morgan fingerprint density at radius 1 is 1.19 bits per heavy atom. The van der Waals surface area contributed by atoms with Crippen molar-refractivity contribution in [2.24, 2.45) is 0 Å². The Labute approximate surface area is 159 Å². The van der Waals surface area contributed by atoms with Crippen LogP contribution in [0.4, 0.5) is 0 Å². The molecule has 0 saturated heterocycles. The summed E-state index contributed by atoms with van der Waals surface area (Å²) < 4.78 is 5.18. The highest BCUT2D eigenvalue weighted by molar-refractivity contribution is 7.17. The van der Waals surface area contributed by atoms with E-state index in [-0.39, 0.29) is 17.8 Å². The standard InChI is InChI=1S/C21H18N2O3S/c1-11-4-5-14(8-12(11)2)16-10-27-21-19(16)20(25)22-18(23-21)9-17(24)15-6-7-26-13(15)3/h4-8,10H,9H2,1-3H3,(H,22,23,25). The fourth-order valence-electron chi connectivity index (χ4n) is 3.12. The van der Waals surface area contributed by atoms with Crippen LogP contribution in [0.5, 0.6) is 0 Å². The maximum atomic E-state index is 12.7. The third kappa shape index (κ3) is 3.13. The SMILES string of the molecule is Cc1ccc(-c2csc3nc(CC(=O)c4ccoc4C)[nH]c(=O)c23)cc1C. The second-order valence-corrected chi connectivity index (χ2v) is 7.49. The summed E-state index contributed by atoms with van der Waals surface area (Å²) in [5.41, 5.74) is 4.54. The first-order valence-corrected chi connectivity index (χ1v) is 9.47. The zero-order valence-electron chi connectivity index (χ0n) is 15.3. The number of hydrogen-bond donors (Lipinski definition) is 1. The highest BCUT2D eigenvalue weighted by Gasteiger charge is 2.17. The van der Waals surface area contributed by atoms with Crippen molar-refractivity contribution in [1.29, 1.82) is 0 Å². The lowest BCUT2D eigenvalue weighted by Gasteiger charge is -2.05. The minimum Gasteiger partial charge on any atom is -0.469 e. The van der Waals surface area contributed by atoms with E-state index in [2.05, 4.69) is 35.9 Å². The molecule has 0 aliphatic rings. The number of aromatic amines is 1. The van der Waals surface area contributed by atoms with Crippen molar-refractivity contribution >= 4 is 27.3 Å². The van der Waals surface area contributed by atoms with Crippen LogP contribution in [-0.4, -0.2) is 15.8 Å². The second-order valence-electron chi connectivity index (χ2n) is 6.63. The first-order valence-electron chi connectivity index (χ1n) is 8.59. The van der Waals surface area contributed by atoms with Gasteiger partial charge in [-0.3, -0.25) is 9.59 Å². The van der Waals surface area contributed by atoms with Crippen LogP contribution in [0.2, 0.25) is 0 Å². The topological polar surface area (TPSA) is 76.0 Å². The van der Waals surface area contributed by atoms with Crippen LogP contribution in [0.3, 0.4) is 0 Å². The van der Waals surface area contributed by atoms with E-state index in [1.165, 1.54) is 28.7 Å². The van der Waals surface area contributed by atoms with E-state index in [1.807, 2.05) is 11.4 Å². The van der Waals surface area contributed by atoms with E-state index in [0.717, 1.165) is 11.1 Å². The van der Waals surface area contributed by atoms with Gasteiger partial charge < -0.3 is 9.40 Å². The Bertz CT molecular complexity index is 1230. The summed E-state index contributed by atoms with van der Waals surface area (Å²) in [5, 5.41) is 2.52. The smallest absolute Gasteiger partial charge is 0.260 e. The van der Waals surface area contributed by atoms with Gasteiger partial charge in [0.05, 0.1) is 23.6 Å². The van der Waals surface area contributed by atoms with Gasteiger partial charge in [-0.1, -0.05) is 18.2 Å². The van der Waals surface area contributed by atoms with Gasteiger partial charge in [-0.05, 0) is 43.5 Å². The molecule has 0 bridgehead atoms. The molecule has 0 atom stereocenters. The number of carbonyl (C=O) groups excluding carboxylic acids is 1. The summed E-state index contributed by atoms with van der Waals surface area (Å²) in [5.74, 6) is 0.804. The minimum atomic E-state index is -0.221. The summed E-state index contributed by atoms with van der Waals surface area (Å²) in [6.45, 7) is 5.85. The molecule has 27 heavy (non-hydrogen) atoms. The van der Waals surface area contributed by atoms with Crippen molar-refractivity contribution in [2.75, 3.05) is 0 Å². The number of nitrogens with zero attached hydrogens (tertiary/aromatic N) is 1. The quantitative estimate of drug-likeness (QED) is 0.527. The first-order chi connectivity index (χ1) is 12.9. The van der Waals surface area contributed by atoms with Crippen molar-refractivity contribution in [3.05, 3.63) is 74.5 Å². The van der Waals surface area contributed by atoms with E-state index in [0.29, 0.717) is 27.4 Å². The number of aryl methyl sites for hydroxylation is 3. The van der Waals surface area contributed by atoms with E-state index >= 15 is 0 Å². The van der Waals surface area contributed by atoms with Crippen LogP contribution in [0.1, 0.15) is 33.1 Å². The van der Waals surface area contributed by atoms with Crippen molar-refractivity contribution in [3.8, 4) is 11.1 Å². The lowest BCUT2D eigenvalue weighted by molar-refractivity contribution is 0.0989. The Balaban J connectivity index is 1.73. The number of ketones is 1. The molecule has 4 rings (SSSR count). The van der Waals surface area contributed by atoms with Crippen molar-refractivity contribution in [3.63, 3.8) is 0 Å². The van der Waals surface area contributed by atoms with Gasteiger partial charge in [-0.25, -0.2) is 4.98 Å². The Hall–Kier alpha value is -2.99. The molecule has 1 aromatic carbocycles. The highest BCUT2D eigenvalue weighted by Crippen LogP contribution is 2.31. The second kappa shape index (κ2) is 6.63. The molecule has 3 aromatic heterocycles. The maximum Gasteiger partial charge on any atom is 0.260 e. The number of thiophene rings is 1. The molecule has 0 unspecified atom stereocenters. The summed E-state index contributed by atoms with van der Waals surface area (Å²) >= 11 is 1.41. The molecule has 0 aliphatic carbocycles. The molecule has 6 heteroatoms. The Kier molecular flexibility index (Phi) is 4.28. The van der Waals surface area contributed by atoms with Crippen molar-refractivity contribution < 1.29 is 9.21 Å². The van der Waals surface area contributed by atoms with Crippen LogP contribution in [0, 0.1) is 20.8 Å². The van der Waals surface area contributed by atoms with Crippen LogP contribution in [0.15, 0.2) is 45.1 Å². The van der Waals surface area contributed by atoms with Crippen LogP contribution in [-0.2, 0) is 6.42 Å². The summed E-state index contributed by atoms with van der Waals surface area (Å²) in [6.07, 6.45) is 1.51. The first kappa shape index (κ1) is 17.4. The average Bonchev–Trinajstić information content (AvgIpc) is 3.24. The molecular formula is C21H18N2O3S. The molecule has 0 radical (unpaired) electrons. The number of rotatable bonds is 4. The third-order valence-electron chi connectivity index (χ3n) is 4.80. The van der Waals surface area contributed by atoms with E-state index in [1.54, 1.807) is 13.0 Å². The van der Waals surface area contributed by atoms with Gasteiger partial charge in [-0.15, -0.1) is 11.3 Å². The summed E-state index contributed by atoms with van der Waals surface area (Å²) in [4.78, 5) is 33.1. The number of furan rings is 1. The molecular weight excluding hydrogens is 360 g/mol. The maximum absolute atomic E-state index is 12.7. The molecule has 1 N–H and O–H groups in total. The summed E-state index contributed by atoms with van der Waals surface area (Å²) in [6, 6.07) is 7.78. The largest absolute Gasteiger partial charge is 0.469 e. The number of hydrogen-bond acceptors (Lipinski definition) is 5. The van der Waals surface area contributed by atoms with Crippen LogP contribution in [0.25, 0.3) is 21.3 Å². The van der Waals surface area contributed by atoms with Gasteiger partial charge in [0, 0.05) is 10.9 Å². The van der Waals surface area contributed by atoms with E-state index < -0.39 is 0 Å². The van der Waals surface area contributed by atoms with Gasteiger partial charge in [0.25, 0.3) is 5.56 Å². The number of carbonyl (C=O) groups is 1. The molecule has 0 spiro atoms. The minimum absolute atomic E-state index is 0.0302. The molecule has 4 aromatic rings. The number of benzene rings is 1. The van der Waals surface area contributed by atoms with Gasteiger partial charge in [0.1, 0.15) is 16.4 Å². The van der Waals surface area contributed by atoms with Crippen molar-refractivity contribution in [1.82, 2.24) is 9.97 Å². The number of H-pyrrole nitrogens is 1. The molecule has 5 nitrogen and oxygen atoms in total. The molecule has 0 amide bonds. The number of Topliss-reactive ketones (excluding diaryl/α,β-unsaturated/α-hetero) is 1. The molecule has 0 fully saturated rings. The van der Waals surface area contributed by atoms with Gasteiger partial charge >= 0.3 is 0 Å². The zero-order valence-corrected chi connectivity index (χ0v) is 16.1. The van der Waals surface area contributed by atoms with Gasteiger partial charge in [-0.2, -0.15) is 0 Å². The monoisotopic (exact) mass is 378 g/mol. The van der Waals surface area contributed by atoms with Gasteiger partial charge in [0.2, 0.25) is 0 Å². The number of fused-ring (bicyclic) bond motifs is 1. The summed E-state index contributed by atoms with van der Waals surface area (Å²) in [7, 11) is 0. The lowest BCUT2D eigenvalue weighted by Crippen LogP contribution is -2.15. The normalized spacial score (nSPS) is 11.2. The third-order valence-corrected chi connectivity index (χ3v) is 5.67. The fraction of sp³-hybridized carbons (Fsp3) is 0.190. The molecule has 0 saturated carbocycles. The molecule has 3 heterocycles. The predicted molar refractivity (Wildman–Crippen MR) is 107 cm³/mol.